The molecule has 1 saturated heterocycles. The summed E-state index contributed by atoms with van der Waals surface area (Å²) in [6.45, 7) is 2.03. The van der Waals surface area contributed by atoms with Crippen LogP contribution in [0.5, 0.6) is 0 Å². The van der Waals surface area contributed by atoms with E-state index in [-0.39, 0.29) is 11.9 Å². The van der Waals surface area contributed by atoms with Crippen molar-refractivity contribution in [2.75, 3.05) is 13.1 Å². The minimum Gasteiger partial charge on any atom is -0.339 e. The Labute approximate surface area is 102 Å². The van der Waals surface area contributed by atoms with Crippen molar-refractivity contribution in [2.45, 2.75) is 25.4 Å². The van der Waals surface area contributed by atoms with Gasteiger partial charge >= 0.3 is 0 Å². The quantitative estimate of drug-likeness (QED) is 0.790. The van der Waals surface area contributed by atoms with Gasteiger partial charge in [0.1, 0.15) is 0 Å². The smallest absolute Gasteiger partial charge is 0.253 e. The molecule has 0 aliphatic carbocycles. The molecule has 0 saturated carbocycles. The molecule has 0 unspecified atom stereocenters. The summed E-state index contributed by atoms with van der Waals surface area (Å²) in [4.78, 5) is 14.0. The number of piperidine rings is 1. The predicted molar refractivity (Wildman–Crippen MR) is 67.4 cm³/mol. The highest BCUT2D eigenvalue weighted by Crippen LogP contribution is 2.13. The molecule has 4 heteroatoms. The summed E-state index contributed by atoms with van der Waals surface area (Å²) in [6.07, 6.45) is 1.79. The van der Waals surface area contributed by atoms with Gasteiger partial charge < -0.3 is 16.4 Å². The first-order chi connectivity index (χ1) is 8.20. The Kier molecular flexibility index (Phi) is 3.76. The maximum Gasteiger partial charge on any atom is 0.253 e. The van der Waals surface area contributed by atoms with Crippen LogP contribution in [0.25, 0.3) is 0 Å². The number of hydrogen-bond donors (Lipinski definition) is 2. The van der Waals surface area contributed by atoms with Crippen LogP contribution < -0.4 is 11.5 Å². The zero-order valence-corrected chi connectivity index (χ0v) is 9.93. The first-order valence-corrected chi connectivity index (χ1v) is 6.04. The average molecular weight is 233 g/mol. The van der Waals surface area contributed by atoms with E-state index in [0.717, 1.165) is 37.1 Å². The van der Waals surface area contributed by atoms with E-state index in [2.05, 4.69) is 0 Å². The molecule has 1 aliphatic heterocycles. The van der Waals surface area contributed by atoms with Gasteiger partial charge in [0.15, 0.2) is 0 Å². The molecule has 4 N–H and O–H groups in total. The molecule has 0 bridgehead atoms. The molecule has 1 aliphatic rings. The van der Waals surface area contributed by atoms with Crippen LogP contribution in [-0.4, -0.2) is 29.9 Å². The fraction of sp³-hybridized carbons (Fsp3) is 0.462. The lowest BCUT2D eigenvalue weighted by molar-refractivity contribution is 0.0715. The molecule has 0 spiro atoms. The maximum atomic E-state index is 12.2. The minimum atomic E-state index is 0.0977. The van der Waals surface area contributed by atoms with Crippen LogP contribution in [-0.2, 0) is 6.54 Å². The number of rotatable bonds is 2. The Bertz CT molecular complexity index is 380. The number of carbonyl (C=O) groups is 1. The average Bonchev–Trinajstić information content (AvgIpc) is 2.39. The molecule has 1 amide bonds. The standard InChI is InChI=1S/C13H19N3O/c14-9-10-1-3-11(4-2-10)13(17)16-7-5-12(15)6-8-16/h1-4,12H,5-9,14-15H2. The Morgan fingerprint density at radius 3 is 2.35 bits per heavy atom. The van der Waals surface area contributed by atoms with Crippen molar-refractivity contribution in [2.24, 2.45) is 11.5 Å². The van der Waals surface area contributed by atoms with Crippen molar-refractivity contribution in [3.05, 3.63) is 35.4 Å². The van der Waals surface area contributed by atoms with Crippen LogP contribution in [0.3, 0.4) is 0 Å². The SMILES string of the molecule is NCc1ccc(C(=O)N2CCC(N)CC2)cc1. The molecule has 1 aromatic carbocycles. The molecule has 1 aromatic rings. The van der Waals surface area contributed by atoms with Crippen molar-refractivity contribution in [3.63, 3.8) is 0 Å². The Hall–Kier alpha value is -1.39. The summed E-state index contributed by atoms with van der Waals surface area (Å²) in [7, 11) is 0. The zero-order valence-electron chi connectivity index (χ0n) is 9.93. The fourth-order valence-corrected chi connectivity index (χ4v) is 2.07. The van der Waals surface area contributed by atoms with Crippen LogP contribution >= 0.6 is 0 Å². The lowest BCUT2D eigenvalue weighted by atomic mass is 10.0. The Morgan fingerprint density at radius 1 is 1.24 bits per heavy atom. The van der Waals surface area contributed by atoms with Crippen LogP contribution in [0.4, 0.5) is 0 Å². The number of carbonyl (C=O) groups excluding carboxylic acids is 1. The molecule has 0 radical (unpaired) electrons. The maximum absolute atomic E-state index is 12.2. The van der Waals surface area contributed by atoms with E-state index < -0.39 is 0 Å². The topological polar surface area (TPSA) is 72.4 Å². The molecule has 4 nitrogen and oxygen atoms in total. The van der Waals surface area contributed by atoms with Crippen molar-refractivity contribution in [3.8, 4) is 0 Å². The Balaban J connectivity index is 2.03. The van der Waals surface area contributed by atoms with E-state index in [1.54, 1.807) is 0 Å². The van der Waals surface area contributed by atoms with Crippen LogP contribution in [0.2, 0.25) is 0 Å². The van der Waals surface area contributed by atoms with Gasteiger partial charge in [-0.05, 0) is 30.5 Å². The molecular formula is C13H19N3O. The van der Waals surface area contributed by atoms with E-state index in [1.165, 1.54) is 0 Å². The number of nitrogens with two attached hydrogens (primary N) is 2. The van der Waals surface area contributed by atoms with Crippen molar-refractivity contribution >= 4 is 5.91 Å². The third kappa shape index (κ3) is 2.84. The lowest BCUT2D eigenvalue weighted by Gasteiger charge is -2.30. The van der Waals surface area contributed by atoms with Gasteiger partial charge in [-0.15, -0.1) is 0 Å². The molecule has 0 aromatic heterocycles. The molecule has 2 rings (SSSR count). The summed E-state index contributed by atoms with van der Waals surface area (Å²) in [5, 5.41) is 0. The van der Waals surface area contributed by atoms with Gasteiger partial charge in [0.05, 0.1) is 0 Å². The van der Waals surface area contributed by atoms with Gasteiger partial charge in [-0.2, -0.15) is 0 Å². The predicted octanol–water partition coefficient (Wildman–Crippen LogP) is 0.709. The first-order valence-electron chi connectivity index (χ1n) is 6.04. The molecule has 17 heavy (non-hydrogen) atoms. The first kappa shape index (κ1) is 12.1. The van der Waals surface area contributed by atoms with Crippen molar-refractivity contribution in [1.29, 1.82) is 0 Å². The highest BCUT2D eigenvalue weighted by atomic mass is 16.2. The van der Waals surface area contributed by atoms with Crippen LogP contribution in [0, 0.1) is 0 Å². The number of benzene rings is 1. The van der Waals surface area contributed by atoms with Crippen LogP contribution in [0.15, 0.2) is 24.3 Å². The molecule has 1 heterocycles. The third-order valence-electron chi connectivity index (χ3n) is 3.26. The summed E-state index contributed by atoms with van der Waals surface area (Å²) < 4.78 is 0. The third-order valence-corrected chi connectivity index (χ3v) is 3.26. The summed E-state index contributed by atoms with van der Waals surface area (Å²) in [5.74, 6) is 0.0977. The fourth-order valence-electron chi connectivity index (χ4n) is 2.07. The second-order valence-corrected chi connectivity index (χ2v) is 4.53. The van der Waals surface area contributed by atoms with Gasteiger partial charge in [-0.25, -0.2) is 0 Å². The van der Waals surface area contributed by atoms with Gasteiger partial charge in [0, 0.05) is 31.2 Å². The molecule has 0 atom stereocenters. The van der Waals surface area contributed by atoms with E-state index >= 15 is 0 Å². The van der Waals surface area contributed by atoms with Gasteiger partial charge in [-0.1, -0.05) is 12.1 Å². The number of hydrogen-bond acceptors (Lipinski definition) is 3. The van der Waals surface area contributed by atoms with Crippen molar-refractivity contribution in [1.82, 2.24) is 4.90 Å². The lowest BCUT2D eigenvalue weighted by Crippen LogP contribution is -2.42. The monoisotopic (exact) mass is 233 g/mol. The highest BCUT2D eigenvalue weighted by molar-refractivity contribution is 5.94. The normalized spacial score (nSPS) is 17.2. The van der Waals surface area contributed by atoms with Gasteiger partial charge in [0.2, 0.25) is 0 Å². The highest BCUT2D eigenvalue weighted by Gasteiger charge is 2.21. The second-order valence-electron chi connectivity index (χ2n) is 4.53. The number of nitrogens with zero attached hydrogens (tertiary/aromatic N) is 1. The molecule has 1 fully saturated rings. The van der Waals surface area contributed by atoms with E-state index in [1.807, 2.05) is 29.2 Å². The second kappa shape index (κ2) is 5.29. The van der Waals surface area contributed by atoms with Crippen molar-refractivity contribution < 1.29 is 4.79 Å². The summed E-state index contributed by atoms with van der Waals surface area (Å²) >= 11 is 0. The summed E-state index contributed by atoms with van der Waals surface area (Å²) in [5.41, 5.74) is 13.1. The minimum absolute atomic E-state index is 0.0977. The largest absolute Gasteiger partial charge is 0.339 e. The van der Waals surface area contributed by atoms with E-state index in [9.17, 15) is 4.79 Å². The number of likely N-dealkylation sites (tertiary alicyclic amines) is 1. The van der Waals surface area contributed by atoms with Gasteiger partial charge in [0.25, 0.3) is 5.91 Å². The summed E-state index contributed by atoms with van der Waals surface area (Å²) in [6, 6.07) is 7.75. The van der Waals surface area contributed by atoms with E-state index in [4.69, 9.17) is 11.5 Å². The number of amides is 1. The molecule has 92 valence electrons. The molecular weight excluding hydrogens is 214 g/mol. The van der Waals surface area contributed by atoms with Gasteiger partial charge in [-0.3, -0.25) is 4.79 Å². The Morgan fingerprint density at radius 2 is 1.82 bits per heavy atom. The zero-order chi connectivity index (χ0) is 12.3. The van der Waals surface area contributed by atoms with Crippen LogP contribution in [0.1, 0.15) is 28.8 Å². The van der Waals surface area contributed by atoms with E-state index in [0.29, 0.717) is 6.54 Å².